The van der Waals surface area contributed by atoms with Gasteiger partial charge in [-0.2, -0.15) is 18.9 Å². The molecule has 0 aliphatic carbocycles. The number of anilines is 1. The van der Waals surface area contributed by atoms with Gasteiger partial charge in [-0.05, 0) is 38.0 Å². The van der Waals surface area contributed by atoms with Crippen LogP contribution in [0.1, 0.15) is 32.0 Å². The van der Waals surface area contributed by atoms with E-state index in [2.05, 4.69) is 20.4 Å². The lowest BCUT2D eigenvalue weighted by Crippen LogP contribution is -2.33. The van der Waals surface area contributed by atoms with Crippen LogP contribution in [-0.4, -0.2) is 45.4 Å². The molecule has 144 valence electrons. The van der Waals surface area contributed by atoms with Crippen molar-refractivity contribution in [2.24, 2.45) is 0 Å². The number of aromatic nitrogens is 4. The summed E-state index contributed by atoms with van der Waals surface area (Å²) in [6.07, 6.45) is 2.27. The average molecular weight is 388 g/mol. The Balaban J connectivity index is 1.77. The summed E-state index contributed by atoms with van der Waals surface area (Å²) in [5.41, 5.74) is 1.89. The molecule has 1 aromatic carbocycles. The smallest absolute Gasteiger partial charge is 0.254 e. The molecule has 0 spiro atoms. The number of rotatable bonds is 7. The van der Waals surface area contributed by atoms with Crippen molar-refractivity contribution in [3.8, 4) is 0 Å². The van der Waals surface area contributed by atoms with Gasteiger partial charge in [0.15, 0.2) is 0 Å². The third kappa shape index (κ3) is 3.93. The van der Waals surface area contributed by atoms with Crippen molar-refractivity contribution < 1.29 is 8.42 Å². The fourth-order valence-corrected chi connectivity index (χ4v) is 3.95. The van der Waals surface area contributed by atoms with E-state index < -0.39 is 10.0 Å². The normalized spacial score (nSPS) is 12.2. The number of benzene rings is 1. The van der Waals surface area contributed by atoms with Crippen LogP contribution < -0.4 is 5.32 Å². The number of fused-ring (bicyclic) bond motifs is 1. The minimum absolute atomic E-state index is 0.0964. The molecule has 9 heteroatoms. The van der Waals surface area contributed by atoms with E-state index in [4.69, 9.17) is 0 Å². The number of aryl methyl sites for hydroxylation is 1. The van der Waals surface area contributed by atoms with Crippen LogP contribution in [0.5, 0.6) is 0 Å². The first-order valence-electron chi connectivity index (χ1n) is 8.83. The van der Waals surface area contributed by atoms with Crippen molar-refractivity contribution in [1.82, 2.24) is 23.9 Å². The van der Waals surface area contributed by atoms with E-state index in [0.29, 0.717) is 17.2 Å². The van der Waals surface area contributed by atoms with E-state index in [1.54, 1.807) is 23.7 Å². The highest BCUT2D eigenvalue weighted by atomic mass is 32.2. The molecule has 8 nitrogen and oxygen atoms in total. The summed E-state index contributed by atoms with van der Waals surface area (Å²) in [6.45, 7) is 6.26. The quantitative estimate of drug-likeness (QED) is 0.668. The van der Waals surface area contributed by atoms with E-state index in [1.807, 2.05) is 39.0 Å². The summed E-state index contributed by atoms with van der Waals surface area (Å²) in [5.74, 6) is 1.35. The average Bonchev–Trinajstić information content (AvgIpc) is 3.14. The molecule has 0 saturated heterocycles. The van der Waals surface area contributed by atoms with Crippen LogP contribution in [0.15, 0.2) is 41.6 Å². The molecule has 0 unspecified atom stereocenters. The van der Waals surface area contributed by atoms with Crippen molar-refractivity contribution in [3.05, 3.63) is 47.9 Å². The summed E-state index contributed by atoms with van der Waals surface area (Å²) in [5, 5.41) is 7.51. The largest absolute Gasteiger partial charge is 0.366 e. The molecule has 0 radical (unpaired) electrons. The number of hydrogen-bond donors (Lipinski definition) is 1. The minimum atomic E-state index is -3.47. The van der Waals surface area contributed by atoms with E-state index in [0.717, 1.165) is 23.5 Å². The zero-order valence-electron chi connectivity index (χ0n) is 15.9. The van der Waals surface area contributed by atoms with Gasteiger partial charge in [0.05, 0.1) is 4.90 Å². The van der Waals surface area contributed by atoms with E-state index in [-0.39, 0.29) is 6.04 Å². The van der Waals surface area contributed by atoms with Crippen LogP contribution in [0.25, 0.3) is 5.78 Å². The molecule has 0 fully saturated rings. The highest BCUT2D eigenvalue weighted by Gasteiger charge is 2.22. The Morgan fingerprint density at radius 2 is 1.93 bits per heavy atom. The minimum Gasteiger partial charge on any atom is -0.366 e. The second-order valence-electron chi connectivity index (χ2n) is 6.57. The van der Waals surface area contributed by atoms with E-state index in [1.165, 1.54) is 10.6 Å². The number of sulfonamides is 1. The lowest BCUT2D eigenvalue weighted by molar-refractivity contribution is 0.410. The molecule has 1 N–H and O–H groups in total. The predicted octanol–water partition coefficient (Wildman–Crippen LogP) is 2.33. The van der Waals surface area contributed by atoms with Gasteiger partial charge < -0.3 is 5.32 Å². The maximum Gasteiger partial charge on any atom is 0.254 e. The highest BCUT2D eigenvalue weighted by Crippen LogP contribution is 2.18. The molecule has 27 heavy (non-hydrogen) atoms. The topological polar surface area (TPSA) is 92.5 Å². The third-order valence-electron chi connectivity index (χ3n) is 4.47. The Hall–Kier alpha value is -2.52. The molecule has 0 amide bonds. The molecule has 3 rings (SSSR count). The summed E-state index contributed by atoms with van der Waals surface area (Å²) in [6, 6.07) is 8.75. The molecule has 0 saturated carbocycles. The molecule has 0 bridgehead atoms. The number of nitrogens with one attached hydrogen (secondary N) is 1. The fourth-order valence-electron chi connectivity index (χ4n) is 2.58. The van der Waals surface area contributed by atoms with Gasteiger partial charge in [-0.15, -0.1) is 0 Å². The van der Waals surface area contributed by atoms with E-state index in [9.17, 15) is 8.42 Å². The maximum atomic E-state index is 12.5. The first-order chi connectivity index (χ1) is 12.8. The Morgan fingerprint density at radius 1 is 1.22 bits per heavy atom. The molecule has 0 aliphatic rings. The van der Waals surface area contributed by atoms with Gasteiger partial charge in [-0.25, -0.2) is 13.4 Å². The monoisotopic (exact) mass is 388 g/mol. The van der Waals surface area contributed by atoms with Gasteiger partial charge >= 0.3 is 0 Å². The van der Waals surface area contributed by atoms with Crippen molar-refractivity contribution in [3.63, 3.8) is 0 Å². The molecule has 2 heterocycles. The number of nitrogens with zero attached hydrogens (tertiary/aromatic N) is 5. The van der Waals surface area contributed by atoms with Crippen LogP contribution in [-0.2, 0) is 23.0 Å². The summed E-state index contributed by atoms with van der Waals surface area (Å²) in [7, 11) is -1.88. The molecular formula is C18H24N6O2S. The summed E-state index contributed by atoms with van der Waals surface area (Å²) < 4.78 is 28.1. The fraction of sp³-hybridized carbons (Fsp3) is 0.389. The first kappa shape index (κ1) is 19.2. The van der Waals surface area contributed by atoms with Crippen molar-refractivity contribution in [1.29, 1.82) is 0 Å². The maximum absolute atomic E-state index is 12.5. The lowest BCUT2D eigenvalue weighted by atomic mass is 10.2. The predicted molar refractivity (Wildman–Crippen MR) is 104 cm³/mol. The van der Waals surface area contributed by atoms with E-state index >= 15 is 0 Å². The Labute approximate surface area is 159 Å². The zero-order valence-corrected chi connectivity index (χ0v) is 16.7. The van der Waals surface area contributed by atoms with Crippen LogP contribution in [0, 0.1) is 0 Å². The summed E-state index contributed by atoms with van der Waals surface area (Å²) in [4.78, 5) is 8.85. The van der Waals surface area contributed by atoms with Crippen molar-refractivity contribution in [2.75, 3.05) is 12.4 Å². The van der Waals surface area contributed by atoms with Gasteiger partial charge in [-0.3, -0.25) is 0 Å². The first-order valence-corrected chi connectivity index (χ1v) is 10.3. The third-order valence-corrected chi connectivity index (χ3v) is 6.52. The lowest BCUT2D eigenvalue weighted by Gasteiger charge is -2.21. The van der Waals surface area contributed by atoms with Crippen LogP contribution in [0.3, 0.4) is 0 Å². The number of hydrogen-bond acceptors (Lipinski definition) is 6. The Morgan fingerprint density at radius 3 is 2.56 bits per heavy atom. The van der Waals surface area contributed by atoms with Gasteiger partial charge in [0.25, 0.3) is 5.78 Å². The summed E-state index contributed by atoms with van der Waals surface area (Å²) >= 11 is 0. The second-order valence-corrected chi connectivity index (χ2v) is 8.57. The van der Waals surface area contributed by atoms with Gasteiger partial charge in [0.1, 0.15) is 12.1 Å². The van der Waals surface area contributed by atoms with Crippen molar-refractivity contribution >= 4 is 21.6 Å². The molecular weight excluding hydrogens is 364 g/mol. The van der Waals surface area contributed by atoms with Gasteiger partial charge in [0, 0.05) is 31.4 Å². The Bertz CT molecular complexity index is 1030. The van der Waals surface area contributed by atoms with Crippen LogP contribution in [0.4, 0.5) is 5.82 Å². The molecule has 0 aliphatic heterocycles. The molecule has 3 aromatic rings. The standard InChI is InChI=1S/C18H24N6O2S/c1-5-15-10-17(24-18(22-15)20-12-21-24)19-11-14-6-8-16(9-7-14)27(25,26)23(4)13(2)3/h6-10,12-13,19H,5,11H2,1-4H3. The van der Waals surface area contributed by atoms with Crippen molar-refractivity contribution in [2.45, 2.75) is 44.7 Å². The van der Waals surface area contributed by atoms with Gasteiger partial charge in [-0.1, -0.05) is 19.1 Å². The second kappa shape index (κ2) is 7.61. The Kier molecular flexibility index (Phi) is 5.43. The SMILES string of the molecule is CCc1cc(NCc2ccc(S(=O)(=O)N(C)C(C)C)cc2)n2ncnc2n1. The molecule has 0 atom stereocenters. The van der Waals surface area contributed by atoms with Gasteiger partial charge in [0.2, 0.25) is 10.0 Å². The van der Waals surface area contributed by atoms with Crippen LogP contribution in [0.2, 0.25) is 0 Å². The molecule has 2 aromatic heterocycles. The zero-order chi connectivity index (χ0) is 19.6. The van der Waals surface area contributed by atoms with Crippen LogP contribution >= 0.6 is 0 Å². The highest BCUT2D eigenvalue weighted by molar-refractivity contribution is 7.89.